The van der Waals surface area contributed by atoms with Gasteiger partial charge < -0.3 is 15.0 Å². The number of hydrogen-bond donors (Lipinski definition) is 1. The number of ether oxygens (including phenoxy) is 1. The molecule has 3 rings (SSSR count). The number of carbonyl (C=O) groups excluding carboxylic acids is 1. The number of para-hydroxylation sites is 1. The highest BCUT2D eigenvalue weighted by Crippen LogP contribution is 2.22. The minimum absolute atomic E-state index is 0.0984. The summed E-state index contributed by atoms with van der Waals surface area (Å²) in [7, 11) is 0. The minimum atomic E-state index is -0.461. The molecule has 1 aromatic carbocycles. The van der Waals surface area contributed by atoms with Gasteiger partial charge in [0, 0.05) is 30.7 Å². The van der Waals surface area contributed by atoms with Crippen molar-refractivity contribution < 1.29 is 13.9 Å². The molecule has 0 spiro atoms. The van der Waals surface area contributed by atoms with Gasteiger partial charge in [-0.15, -0.1) is 11.3 Å². The smallest absolute Gasteiger partial charge is 0.258 e. The first-order valence-electron chi connectivity index (χ1n) is 7.53. The second kappa shape index (κ2) is 7.41. The van der Waals surface area contributed by atoms with Crippen LogP contribution in [-0.2, 0) is 4.79 Å². The molecule has 0 atom stereocenters. The maximum atomic E-state index is 13.4. The Labute approximate surface area is 138 Å². The Kier molecular flexibility index (Phi) is 5.07. The molecule has 0 radical (unpaired) electrons. The van der Waals surface area contributed by atoms with E-state index in [1.165, 1.54) is 12.1 Å². The average Bonchev–Trinajstić information content (AvgIpc) is 3.09. The molecule has 23 heavy (non-hydrogen) atoms. The highest BCUT2D eigenvalue weighted by atomic mass is 32.1. The molecule has 1 N–H and O–H groups in total. The second-order valence-electron chi connectivity index (χ2n) is 5.36. The van der Waals surface area contributed by atoms with E-state index in [9.17, 15) is 9.18 Å². The molecule has 0 saturated carbocycles. The van der Waals surface area contributed by atoms with E-state index >= 15 is 0 Å². The Balaban J connectivity index is 1.42. The van der Waals surface area contributed by atoms with Gasteiger partial charge in [-0.3, -0.25) is 4.79 Å². The number of anilines is 1. The SMILES string of the molecule is O=C(COc1ccccc1F)NC1CCN(c2nccs2)CC1. The van der Waals surface area contributed by atoms with Crippen LogP contribution in [0.5, 0.6) is 5.75 Å². The van der Waals surface area contributed by atoms with E-state index < -0.39 is 5.82 Å². The lowest BCUT2D eigenvalue weighted by Crippen LogP contribution is -2.46. The summed E-state index contributed by atoms with van der Waals surface area (Å²) < 4.78 is 18.6. The van der Waals surface area contributed by atoms with Crippen LogP contribution in [0, 0.1) is 5.82 Å². The number of thiazole rings is 1. The first-order valence-corrected chi connectivity index (χ1v) is 8.41. The van der Waals surface area contributed by atoms with E-state index in [0.29, 0.717) is 0 Å². The molecule has 7 heteroatoms. The normalized spacial score (nSPS) is 15.4. The first-order chi connectivity index (χ1) is 11.2. The van der Waals surface area contributed by atoms with Crippen molar-refractivity contribution in [1.29, 1.82) is 0 Å². The number of nitrogens with one attached hydrogen (secondary N) is 1. The van der Waals surface area contributed by atoms with Crippen LogP contribution >= 0.6 is 11.3 Å². The van der Waals surface area contributed by atoms with Crippen molar-refractivity contribution >= 4 is 22.4 Å². The largest absolute Gasteiger partial charge is 0.481 e. The van der Waals surface area contributed by atoms with Gasteiger partial charge in [0.15, 0.2) is 23.3 Å². The molecule has 1 aromatic heterocycles. The highest BCUT2D eigenvalue weighted by molar-refractivity contribution is 7.13. The number of piperidine rings is 1. The summed E-state index contributed by atoms with van der Waals surface area (Å²) in [6, 6.07) is 6.20. The van der Waals surface area contributed by atoms with Crippen LogP contribution in [0.3, 0.4) is 0 Å². The van der Waals surface area contributed by atoms with Crippen molar-refractivity contribution in [3.8, 4) is 5.75 Å². The molecule has 1 aliphatic rings. The van der Waals surface area contributed by atoms with E-state index in [1.54, 1.807) is 29.7 Å². The van der Waals surface area contributed by atoms with E-state index in [-0.39, 0.29) is 24.3 Å². The van der Waals surface area contributed by atoms with E-state index in [1.807, 2.05) is 5.38 Å². The van der Waals surface area contributed by atoms with Crippen molar-refractivity contribution in [1.82, 2.24) is 10.3 Å². The third kappa shape index (κ3) is 4.19. The van der Waals surface area contributed by atoms with Crippen LogP contribution in [0.4, 0.5) is 9.52 Å². The standard InChI is InChI=1S/C16H18FN3O2S/c17-13-3-1-2-4-14(13)22-11-15(21)19-12-5-8-20(9-6-12)16-18-7-10-23-16/h1-4,7,10,12H,5-6,8-9,11H2,(H,19,21). The van der Waals surface area contributed by atoms with Crippen molar-refractivity contribution in [2.24, 2.45) is 0 Å². The van der Waals surface area contributed by atoms with Gasteiger partial charge in [-0.25, -0.2) is 9.37 Å². The van der Waals surface area contributed by atoms with Crippen LogP contribution in [0.2, 0.25) is 0 Å². The van der Waals surface area contributed by atoms with Crippen molar-refractivity contribution in [3.05, 3.63) is 41.7 Å². The summed E-state index contributed by atoms with van der Waals surface area (Å²) in [4.78, 5) is 18.4. The monoisotopic (exact) mass is 335 g/mol. The van der Waals surface area contributed by atoms with Crippen molar-refractivity contribution in [3.63, 3.8) is 0 Å². The molecule has 2 aromatic rings. The fourth-order valence-corrected chi connectivity index (χ4v) is 3.26. The van der Waals surface area contributed by atoms with Gasteiger partial charge >= 0.3 is 0 Å². The van der Waals surface area contributed by atoms with E-state index in [4.69, 9.17) is 4.74 Å². The number of hydrogen-bond acceptors (Lipinski definition) is 5. The molecular formula is C16H18FN3O2S. The van der Waals surface area contributed by atoms with Crippen LogP contribution in [0.1, 0.15) is 12.8 Å². The molecule has 0 bridgehead atoms. The summed E-state index contributed by atoms with van der Waals surface area (Å²) in [6.45, 7) is 1.56. The zero-order valence-electron chi connectivity index (χ0n) is 12.6. The van der Waals surface area contributed by atoms with Gasteiger partial charge in [0.2, 0.25) is 0 Å². The lowest BCUT2D eigenvalue weighted by Gasteiger charge is -2.32. The molecule has 1 fully saturated rings. The number of carbonyl (C=O) groups is 1. The zero-order chi connectivity index (χ0) is 16.1. The molecule has 1 saturated heterocycles. The maximum Gasteiger partial charge on any atom is 0.258 e. The summed E-state index contributed by atoms with van der Waals surface area (Å²) in [5.74, 6) is -0.584. The van der Waals surface area contributed by atoms with Gasteiger partial charge in [0.05, 0.1) is 0 Å². The third-order valence-corrected chi connectivity index (χ3v) is 4.58. The summed E-state index contributed by atoms with van der Waals surface area (Å²) in [5, 5.41) is 5.93. The molecule has 1 aliphatic heterocycles. The number of halogens is 1. The number of nitrogens with zero attached hydrogens (tertiary/aromatic N) is 2. The lowest BCUT2D eigenvalue weighted by atomic mass is 10.1. The maximum absolute atomic E-state index is 13.4. The summed E-state index contributed by atoms with van der Waals surface area (Å²) in [6.07, 6.45) is 3.53. The fraction of sp³-hybridized carbons (Fsp3) is 0.375. The molecule has 1 amide bonds. The Morgan fingerprint density at radius 3 is 2.87 bits per heavy atom. The number of rotatable bonds is 5. The quantitative estimate of drug-likeness (QED) is 0.912. The number of benzene rings is 1. The van der Waals surface area contributed by atoms with Crippen molar-refractivity contribution in [2.75, 3.05) is 24.6 Å². The molecule has 2 heterocycles. The van der Waals surface area contributed by atoms with Gasteiger partial charge in [0.25, 0.3) is 5.91 Å². The van der Waals surface area contributed by atoms with Gasteiger partial charge in [-0.2, -0.15) is 0 Å². The van der Waals surface area contributed by atoms with Crippen LogP contribution in [0.25, 0.3) is 0 Å². The van der Waals surface area contributed by atoms with Crippen molar-refractivity contribution in [2.45, 2.75) is 18.9 Å². The highest BCUT2D eigenvalue weighted by Gasteiger charge is 2.22. The van der Waals surface area contributed by atoms with Gasteiger partial charge in [0.1, 0.15) is 0 Å². The molecular weight excluding hydrogens is 317 g/mol. The average molecular weight is 335 g/mol. The van der Waals surface area contributed by atoms with Crippen LogP contribution in [-0.4, -0.2) is 36.6 Å². The third-order valence-electron chi connectivity index (χ3n) is 3.75. The number of aromatic nitrogens is 1. The minimum Gasteiger partial charge on any atom is -0.481 e. The van der Waals surface area contributed by atoms with Gasteiger partial charge in [-0.1, -0.05) is 12.1 Å². The fourth-order valence-electron chi connectivity index (χ4n) is 2.56. The molecule has 5 nitrogen and oxygen atoms in total. The van der Waals surface area contributed by atoms with Crippen LogP contribution < -0.4 is 15.0 Å². The van der Waals surface area contributed by atoms with Crippen LogP contribution in [0.15, 0.2) is 35.8 Å². The Morgan fingerprint density at radius 1 is 1.39 bits per heavy atom. The topological polar surface area (TPSA) is 54.5 Å². The predicted octanol–water partition coefficient (Wildman–Crippen LogP) is 2.45. The molecule has 0 aliphatic carbocycles. The molecule has 122 valence electrons. The van der Waals surface area contributed by atoms with E-state index in [2.05, 4.69) is 15.2 Å². The number of amides is 1. The zero-order valence-corrected chi connectivity index (χ0v) is 13.4. The predicted molar refractivity (Wildman–Crippen MR) is 87.4 cm³/mol. The first kappa shape index (κ1) is 15.7. The Morgan fingerprint density at radius 2 is 2.17 bits per heavy atom. The lowest BCUT2D eigenvalue weighted by molar-refractivity contribution is -0.124. The molecule has 0 unspecified atom stereocenters. The van der Waals surface area contributed by atoms with E-state index in [0.717, 1.165) is 31.1 Å². The second-order valence-corrected chi connectivity index (χ2v) is 6.24. The van der Waals surface area contributed by atoms with Gasteiger partial charge in [-0.05, 0) is 25.0 Å². The summed E-state index contributed by atoms with van der Waals surface area (Å²) in [5.41, 5.74) is 0. The Hall–Kier alpha value is -2.15. The summed E-state index contributed by atoms with van der Waals surface area (Å²) >= 11 is 1.62. The Bertz CT molecular complexity index is 643.